The number of aromatic nitrogens is 1. The first-order valence-corrected chi connectivity index (χ1v) is 9.86. The van der Waals surface area contributed by atoms with E-state index in [1.54, 1.807) is 11.3 Å². The average Bonchev–Trinajstić information content (AvgIpc) is 2.99. The number of carbonyl (C=O) groups is 1. The first-order chi connectivity index (χ1) is 10.6. The van der Waals surface area contributed by atoms with Crippen LogP contribution in [0.5, 0.6) is 0 Å². The molecule has 0 unspecified atom stereocenters. The predicted molar refractivity (Wildman–Crippen MR) is 96.3 cm³/mol. The van der Waals surface area contributed by atoms with Crippen molar-refractivity contribution >= 4 is 45.6 Å². The first-order valence-electron chi connectivity index (χ1n) is 7.59. The highest BCUT2D eigenvalue weighted by molar-refractivity contribution is 8.23. The van der Waals surface area contributed by atoms with Crippen LogP contribution in [0.3, 0.4) is 0 Å². The van der Waals surface area contributed by atoms with Gasteiger partial charge in [0.05, 0.1) is 16.5 Å². The molecule has 1 fully saturated rings. The van der Waals surface area contributed by atoms with Crippen molar-refractivity contribution in [2.24, 2.45) is 5.92 Å². The fourth-order valence-corrected chi connectivity index (χ4v) is 3.96. The number of thiocarbonyl (C=S) groups is 1. The number of carbonyl (C=O) groups excluding carboxylic acids is 1. The van der Waals surface area contributed by atoms with Gasteiger partial charge in [-0.2, -0.15) is 0 Å². The highest BCUT2D eigenvalue weighted by atomic mass is 32.2. The molecular formula is C15H22N2O2S3. The largest absolute Gasteiger partial charge is 0.459 e. The molecule has 0 aromatic carbocycles. The van der Waals surface area contributed by atoms with Gasteiger partial charge in [-0.25, -0.2) is 4.98 Å². The minimum atomic E-state index is -0.233. The fourth-order valence-electron chi connectivity index (χ4n) is 2.18. The molecule has 0 atom stereocenters. The van der Waals surface area contributed by atoms with E-state index in [1.165, 1.54) is 24.6 Å². The van der Waals surface area contributed by atoms with E-state index < -0.39 is 0 Å². The summed E-state index contributed by atoms with van der Waals surface area (Å²) in [7, 11) is 0. The second-order valence-electron chi connectivity index (χ2n) is 5.47. The SMILES string of the molecule is CCc1nc(COC(=O)CSC(=S)N2CCC(C)CC2)cs1. The van der Waals surface area contributed by atoms with E-state index in [9.17, 15) is 4.79 Å². The van der Waals surface area contributed by atoms with Crippen molar-refractivity contribution in [1.82, 2.24) is 9.88 Å². The van der Waals surface area contributed by atoms with Crippen LogP contribution in [0.15, 0.2) is 5.38 Å². The van der Waals surface area contributed by atoms with E-state index in [4.69, 9.17) is 17.0 Å². The van der Waals surface area contributed by atoms with Crippen LogP contribution in [-0.4, -0.2) is 39.0 Å². The van der Waals surface area contributed by atoms with Crippen molar-refractivity contribution in [3.05, 3.63) is 16.1 Å². The number of piperidine rings is 1. The fraction of sp³-hybridized carbons (Fsp3) is 0.667. The van der Waals surface area contributed by atoms with Crippen molar-refractivity contribution < 1.29 is 9.53 Å². The Balaban J connectivity index is 1.65. The van der Waals surface area contributed by atoms with E-state index in [0.29, 0.717) is 0 Å². The lowest BCUT2D eigenvalue weighted by Crippen LogP contribution is -2.35. The number of rotatable bonds is 5. The molecule has 22 heavy (non-hydrogen) atoms. The molecule has 1 aliphatic rings. The van der Waals surface area contributed by atoms with Crippen LogP contribution in [0, 0.1) is 5.92 Å². The number of thioether (sulfide) groups is 1. The van der Waals surface area contributed by atoms with Crippen LogP contribution in [0.4, 0.5) is 0 Å². The third-order valence-electron chi connectivity index (χ3n) is 3.64. The first kappa shape index (κ1) is 17.7. The number of nitrogens with zero attached hydrogens (tertiary/aromatic N) is 2. The van der Waals surface area contributed by atoms with Crippen molar-refractivity contribution in [2.75, 3.05) is 18.8 Å². The Morgan fingerprint density at radius 2 is 2.27 bits per heavy atom. The number of hydrogen-bond acceptors (Lipinski definition) is 6. The van der Waals surface area contributed by atoms with Crippen LogP contribution in [0.2, 0.25) is 0 Å². The van der Waals surface area contributed by atoms with Gasteiger partial charge in [0.2, 0.25) is 0 Å². The molecule has 2 rings (SSSR count). The zero-order valence-corrected chi connectivity index (χ0v) is 15.5. The Labute approximate surface area is 145 Å². The number of hydrogen-bond donors (Lipinski definition) is 0. The van der Waals surface area contributed by atoms with Crippen molar-refractivity contribution in [3.63, 3.8) is 0 Å². The van der Waals surface area contributed by atoms with Gasteiger partial charge in [-0.3, -0.25) is 4.79 Å². The summed E-state index contributed by atoms with van der Waals surface area (Å²) in [5, 5.41) is 3.01. The highest BCUT2D eigenvalue weighted by Crippen LogP contribution is 2.20. The van der Waals surface area contributed by atoms with Crippen molar-refractivity contribution in [3.8, 4) is 0 Å². The monoisotopic (exact) mass is 358 g/mol. The minimum absolute atomic E-state index is 0.233. The van der Waals surface area contributed by atoms with Crippen LogP contribution in [0.1, 0.15) is 37.4 Å². The molecule has 1 aromatic heterocycles. The molecule has 1 aliphatic heterocycles. The van der Waals surface area contributed by atoms with Gasteiger partial charge in [0.15, 0.2) is 0 Å². The Kier molecular flexibility index (Phi) is 7.11. The molecule has 2 heterocycles. The molecule has 0 bridgehead atoms. The zero-order chi connectivity index (χ0) is 15.9. The van der Waals surface area contributed by atoms with Crippen molar-refractivity contribution in [1.29, 1.82) is 0 Å². The summed E-state index contributed by atoms with van der Waals surface area (Å²) in [6.45, 7) is 6.59. The molecule has 1 saturated heterocycles. The van der Waals surface area contributed by atoms with E-state index in [1.807, 2.05) is 5.38 Å². The Bertz CT molecular complexity index is 511. The lowest BCUT2D eigenvalue weighted by Gasteiger charge is -2.31. The number of aryl methyl sites for hydroxylation is 1. The maximum absolute atomic E-state index is 11.8. The van der Waals surface area contributed by atoms with Gasteiger partial charge in [-0.1, -0.05) is 37.8 Å². The number of likely N-dealkylation sites (tertiary alicyclic amines) is 1. The molecule has 122 valence electrons. The molecule has 0 spiro atoms. The highest BCUT2D eigenvalue weighted by Gasteiger charge is 2.19. The van der Waals surface area contributed by atoms with E-state index in [0.717, 1.165) is 40.5 Å². The summed E-state index contributed by atoms with van der Waals surface area (Å²) in [6, 6.07) is 0. The Morgan fingerprint density at radius 1 is 1.55 bits per heavy atom. The van der Waals surface area contributed by atoms with Gasteiger partial charge in [-0.15, -0.1) is 11.3 Å². The van der Waals surface area contributed by atoms with Crippen LogP contribution in [0.25, 0.3) is 0 Å². The lowest BCUT2D eigenvalue weighted by atomic mass is 10.00. The summed E-state index contributed by atoms with van der Waals surface area (Å²) in [5.74, 6) is 0.819. The zero-order valence-electron chi connectivity index (χ0n) is 13.0. The molecule has 0 saturated carbocycles. The summed E-state index contributed by atoms with van der Waals surface area (Å²) >= 11 is 8.40. The van der Waals surface area contributed by atoms with Gasteiger partial charge < -0.3 is 9.64 Å². The van der Waals surface area contributed by atoms with Gasteiger partial charge >= 0.3 is 5.97 Å². The van der Waals surface area contributed by atoms with E-state index >= 15 is 0 Å². The normalized spacial score (nSPS) is 15.8. The smallest absolute Gasteiger partial charge is 0.316 e. The third-order valence-corrected chi connectivity index (χ3v) is 6.18. The molecule has 0 N–H and O–H groups in total. The molecule has 0 aliphatic carbocycles. The average molecular weight is 359 g/mol. The number of esters is 1. The van der Waals surface area contributed by atoms with Crippen LogP contribution in [-0.2, 0) is 22.6 Å². The van der Waals surface area contributed by atoms with Gasteiger partial charge in [0.25, 0.3) is 0 Å². The predicted octanol–water partition coefficient (Wildman–Crippen LogP) is 3.50. The maximum atomic E-state index is 11.8. The maximum Gasteiger partial charge on any atom is 0.316 e. The number of ether oxygens (including phenoxy) is 1. The quantitative estimate of drug-likeness (QED) is 0.593. The summed E-state index contributed by atoms with van der Waals surface area (Å²) in [4.78, 5) is 18.4. The van der Waals surface area contributed by atoms with Crippen molar-refractivity contribution in [2.45, 2.75) is 39.7 Å². The van der Waals surface area contributed by atoms with E-state index in [-0.39, 0.29) is 18.3 Å². The standard InChI is InChI=1S/C15H22N2O2S3/c1-3-13-16-12(9-21-13)8-19-14(18)10-22-15(20)17-6-4-11(2)5-7-17/h9,11H,3-8,10H2,1-2H3. The summed E-state index contributed by atoms with van der Waals surface area (Å²) < 4.78 is 6.06. The molecule has 0 amide bonds. The van der Waals surface area contributed by atoms with Crippen LogP contribution < -0.4 is 0 Å². The van der Waals surface area contributed by atoms with Crippen LogP contribution >= 0.6 is 35.3 Å². The van der Waals surface area contributed by atoms with Gasteiger partial charge in [0, 0.05) is 18.5 Å². The van der Waals surface area contributed by atoms with Gasteiger partial charge in [0.1, 0.15) is 10.9 Å². The lowest BCUT2D eigenvalue weighted by molar-refractivity contribution is -0.141. The molecule has 0 radical (unpaired) electrons. The van der Waals surface area contributed by atoms with E-state index in [2.05, 4.69) is 23.7 Å². The topological polar surface area (TPSA) is 42.4 Å². The minimum Gasteiger partial charge on any atom is -0.459 e. The molecule has 1 aromatic rings. The Morgan fingerprint density at radius 3 is 2.91 bits per heavy atom. The summed E-state index contributed by atoms with van der Waals surface area (Å²) in [6.07, 6.45) is 3.26. The second kappa shape index (κ2) is 8.84. The molecule has 4 nitrogen and oxygen atoms in total. The molecular weight excluding hydrogens is 336 g/mol. The van der Waals surface area contributed by atoms with Gasteiger partial charge in [-0.05, 0) is 25.2 Å². The third kappa shape index (κ3) is 5.52. The second-order valence-corrected chi connectivity index (χ2v) is 8.02. The summed E-state index contributed by atoms with van der Waals surface area (Å²) in [5.41, 5.74) is 0.827. The molecule has 7 heteroatoms. The number of thiazole rings is 1. The Hall–Kier alpha value is -0.660.